The third kappa shape index (κ3) is 4.16. The zero-order valence-corrected chi connectivity index (χ0v) is 20.7. The summed E-state index contributed by atoms with van der Waals surface area (Å²) in [5, 5.41) is 2.37. The van der Waals surface area contributed by atoms with Crippen molar-refractivity contribution in [1.82, 2.24) is 9.55 Å². The largest absolute Gasteiger partial charge is 0.407 e. The Morgan fingerprint density at radius 1 is 1.03 bits per heavy atom. The van der Waals surface area contributed by atoms with Gasteiger partial charge >= 0.3 is 5.69 Å². The highest BCUT2D eigenvalue weighted by Gasteiger charge is 2.51. The van der Waals surface area contributed by atoms with Crippen LogP contribution in [0.3, 0.4) is 0 Å². The van der Waals surface area contributed by atoms with Crippen molar-refractivity contribution in [2.24, 2.45) is 11.7 Å². The van der Waals surface area contributed by atoms with E-state index >= 15 is 0 Å². The fourth-order valence-electron chi connectivity index (χ4n) is 5.05. The van der Waals surface area contributed by atoms with Crippen molar-refractivity contribution in [2.45, 2.75) is 51.2 Å². The normalized spacial score (nSPS) is 20.9. The number of hydrogen-bond acceptors (Lipinski definition) is 4. The number of hydrogen-bond donors (Lipinski definition) is 2. The number of nitrogens with one attached hydrogen (secondary N) is 1. The Hall–Kier alpha value is -2.74. The molecule has 3 aromatic rings. The van der Waals surface area contributed by atoms with Gasteiger partial charge in [0.25, 0.3) is 13.9 Å². The molecule has 1 aliphatic rings. The number of nitrogens with two attached hydrogens (primary N) is 1. The van der Waals surface area contributed by atoms with Gasteiger partial charge in [0.1, 0.15) is 0 Å². The van der Waals surface area contributed by atoms with Crippen molar-refractivity contribution >= 4 is 18.7 Å². The predicted octanol–water partition coefficient (Wildman–Crippen LogP) is 2.31. The third-order valence-corrected chi connectivity index (χ3v) is 12.0. The van der Waals surface area contributed by atoms with Gasteiger partial charge in [-0.05, 0) is 28.8 Å². The molecule has 1 aliphatic carbocycles. The van der Waals surface area contributed by atoms with Crippen LogP contribution in [0.4, 0.5) is 0 Å². The first-order chi connectivity index (χ1) is 15.6. The van der Waals surface area contributed by atoms with Gasteiger partial charge in [0, 0.05) is 30.3 Å². The van der Waals surface area contributed by atoms with Crippen LogP contribution in [0.1, 0.15) is 38.8 Å². The molecule has 0 unspecified atom stereocenters. The maximum Gasteiger partial charge on any atom is 0.328 e. The fraction of sp³-hybridized carbons (Fsp3) is 0.385. The summed E-state index contributed by atoms with van der Waals surface area (Å²) in [7, 11) is -2.62. The number of rotatable bonds is 6. The van der Waals surface area contributed by atoms with Crippen LogP contribution < -0.4 is 27.4 Å². The monoisotopic (exact) mass is 463 g/mol. The van der Waals surface area contributed by atoms with Crippen LogP contribution in [-0.4, -0.2) is 30.5 Å². The number of H-pyrrole nitrogens is 1. The van der Waals surface area contributed by atoms with E-state index in [0.717, 1.165) is 6.42 Å². The summed E-state index contributed by atoms with van der Waals surface area (Å²) in [5.41, 5.74) is 6.31. The standard InChI is InChI=1S/C26H33N3O3Si/c1-18-16-29(25(31)28-24(18)30)22-15-19(23(22)27)17-32-33(26(2,3)4,20-11-7-5-8-12-20)21-13-9-6-10-14-21/h5-14,16,19,22-23H,15,17,27H2,1-4H3,(H,28,30,31)/t19-,22-,23-/m1/s1. The fourth-order valence-corrected chi connectivity index (χ4v) is 9.67. The second-order valence-electron chi connectivity index (χ2n) is 10.1. The van der Waals surface area contributed by atoms with Gasteiger partial charge in [-0.1, -0.05) is 81.4 Å². The van der Waals surface area contributed by atoms with Crippen molar-refractivity contribution in [3.63, 3.8) is 0 Å². The van der Waals surface area contributed by atoms with Gasteiger partial charge in [0.15, 0.2) is 0 Å². The minimum atomic E-state index is -2.62. The number of nitrogens with zero attached hydrogens (tertiary/aromatic N) is 1. The molecule has 1 aromatic heterocycles. The highest BCUT2D eigenvalue weighted by molar-refractivity contribution is 6.99. The molecule has 0 aliphatic heterocycles. The molecule has 0 spiro atoms. The summed E-state index contributed by atoms with van der Waals surface area (Å²) in [6, 6.07) is 20.7. The minimum Gasteiger partial charge on any atom is -0.407 e. The molecule has 3 atom stereocenters. The van der Waals surface area contributed by atoms with E-state index in [-0.39, 0.29) is 28.6 Å². The maximum absolute atomic E-state index is 12.3. The van der Waals surface area contributed by atoms with E-state index in [1.165, 1.54) is 10.4 Å². The van der Waals surface area contributed by atoms with E-state index in [4.69, 9.17) is 10.2 Å². The molecule has 0 radical (unpaired) electrons. The molecule has 174 valence electrons. The number of aromatic nitrogens is 2. The summed E-state index contributed by atoms with van der Waals surface area (Å²) in [6.07, 6.45) is 2.36. The quantitative estimate of drug-likeness (QED) is 0.549. The Morgan fingerprint density at radius 3 is 2.06 bits per heavy atom. The lowest BCUT2D eigenvalue weighted by Gasteiger charge is -2.47. The Morgan fingerprint density at radius 2 is 1.58 bits per heavy atom. The maximum atomic E-state index is 12.3. The van der Waals surface area contributed by atoms with Gasteiger partial charge in [-0.2, -0.15) is 0 Å². The van der Waals surface area contributed by atoms with Crippen LogP contribution in [-0.2, 0) is 4.43 Å². The molecule has 1 fully saturated rings. The lowest BCUT2D eigenvalue weighted by molar-refractivity contribution is 0.0859. The highest BCUT2D eigenvalue weighted by Crippen LogP contribution is 2.40. The minimum absolute atomic E-state index is 0.101. The van der Waals surface area contributed by atoms with Gasteiger partial charge in [0.05, 0.1) is 6.04 Å². The Bertz CT molecular complexity index is 1180. The molecule has 0 amide bonds. The predicted molar refractivity (Wildman–Crippen MR) is 135 cm³/mol. The third-order valence-electron chi connectivity index (χ3n) is 6.97. The van der Waals surface area contributed by atoms with E-state index in [1.807, 2.05) is 12.1 Å². The second kappa shape index (κ2) is 8.89. The highest BCUT2D eigenvalue weighted by atomic mass is 28.4. The van der Waals surface area contributed by atoms with E-state index in [9.17, 15) is 9.59 Å². The van der Waals surface area contributed by atoms with Crippen LogP contribution in [0.5, 0.6) is 0 Å². The van der Waals surface area contributed by atoms with Crippen molar-refractivity contribution in [2.75, 3.05) is 6.61 Å². The molecule has 2 aromatic carbocycles. The van der Waals surface area contributed by atoms with Crippen LogP contribution in [0.15, 0.2) is 76.4 Å². The molecule has 4 rings (SSSR count). The van der Waals surface area contributed by atoms with Gasteiger partial charge in [-0.25, -0.2) is 4.79 Å². The van der Waals surface area contributed by atoms with Gasteiger partial charge in [-0.3, -0.25) is 14.3 Å². The Labute approximate surface area is 195 Å². The van der Waals surface area contributed by atoms with E-state index < -0.39 is 14.0 Å². The van der Waals surface area contributed by atoms with Crippen LogP contribution in [0.25, 0.3) is 0 Å². The summed E-state index contributed by atoms with van der Waals surface area (Å²) in [6.45, 7) is 8.99. The summed E-state index contributed by atoms with van der Waals surface area (Å²) in [4.78, 5) is 26.4. The van der Waals surface area contributed by atoms with Gasteiger partial charge in [0.2, 0.25) is 0 Å². The van der Waals surface area contributed by atoms with Gasteiger partial charge in [-0.15, -0.1) is 0 Å². The Balaban J connectivity index is 1.62. The lowest BCUT2D eigenvalue weighted by atomic mass is 9.75. The van der Waals surface area contributed by atoms with Gasteiger partial charge < -0.3 is 10.2 Å². The average molecular weight is 464 g/mol. The molecular formula is C26H33N3O3Si. The average Bonchev–Trinajstić information content (AvgIpc) is 2.79. The zero-order chi connectivity index (χ0) is 23.8. The Kier molecular flexibility index (Phi) is 6.31. The molecule has 3 N–H and O–H groups in total. The molecule has 0 bridgehead atoms. The number of benzene rings is 2. The van der Waals surface area contributed by atoms with E-state index in [1.54, 1.807) is 17.7 Å². The van der Waals surface area contributed by atoms with Crippen LogP contribution >= 0.6 is 0 Å². The second-order valence-corrected chi connectivity index (χ2v) is 14.4. The zero-order valence-electron chi connectivity index (χ0n) is 19.7. The van der Waals surface area contributed by atoms with Crippen molar-refractivity contribution in [3.05, 3.63) is 93.3 Å². The summed E-state index contributed by atoms with van der Waals surface area (Å²) >= 11 is 0. The molecule has 1 heterocycles. The first-order valence-electron chi connectivity index (χ1n) is 11.5. The first-order valence-corrected chi connectivity index (χ1v) is 13.4. The molecule has 0 saturated heterocycles. The van der Waals surface area contributed by atoms with E-state index in [2.05, 4.69) is 74.3 Å². The van der Waals surface area contributed by atoms with Crippen molar-refractivity contribution in [3.8, 4) is 0 Å². The molecular weight excluding hydrogens is 430 g/mol. The number of aromatic amines is 1. The number of aryl methyl sites for hydroxylation is 1. The van der Waals surface area contributed by atoms with Crippen molar-refractivity contribution in [1.29, 1.82) is 0 Å². The smallest absolute Gasteiger partial charge is 0.328 e. The lowest BCUT2D eigenvalue weighted by Crippen LogP contribution is -2.67. The molecule has 7 heteroatoms. The van der Waals surface area contributed by atoms with E-state index in [0.29, 0.717) is 12.2 Å². The van der Waals surface area contributed by atoms with Crippen molar-refractivity contribution < 1.29 is 4.43 Å². The topological polar surface area (TPSA) is 90.1 Å². The first kappa shape index (κ1) is 23.4. The molecule has 33 heavy (non-hydrogen) atoms. The molecule has 6 nitrogen and oxygen atoms in total. The van der Waals surface area contributed by atoms with Crippen LogP contribution in [0.2, 0.25) is 5.04 Å². The summed E-state index contributed by atoms with van der Waals surface area (Å²) in [5.74, 6) is 0.135. The summed E-state index contributed by atoms with van der Waals surface area (Å²) < 4.78 is 8.58. The van der Waals surface area contributed by atoms with Crippen LogP contribution in [0, 0.1) is 12.8 Å². The SMILES string of the molecule is Cc1cn([C@@H]2C[C@H](CO[Si](c3ccccc3)(c3ccccc3)C(C)(C)C)[C@H]2N)c(=O)[nH]c1=O. The molecule has 1 saturated carbocycles.